The number of nitrogens with one attached hydrogen (secondary N) is 1. The first kappa shape index (κ1) is 11.9. The van der Waals surface area contributed by atoms with Gasteiger partial charge in [-0.1, -0.05) is 60.7 Å². The van der Waals surface area contributed by atoms with Crippen LogP contribution in [0.2, 0.25) is 0 Å². The van der Waals surface area contributed by atoms with Gasteiger partial charge < -0.3 is 0 Å². The maximum Gasteiger partial charge on any atom is 0.0953 e. The Morgan fingerprint density at radius 3 is 2.11 bits per heavy atom. The fourth-order valence-electron chi connectivity index (χ4n) is 1.56. The van der Waals surface area contributed by atoms with E-state index in [0.29, 0.717) is 5.70 Å². The average molecular weight is 236 g/mol. The molecule has 0 radical (unpaired) electrons. The van der Waals surface area contributed by atoms with Crippen LogP contribution in [0.3, 0.4) is 0 Å². The number of benzene rings is 2. The van der Waals surface area contributed by atoms with E-state index in [1.165, 1.54) is 0 Å². The topological polar surface area (TPSA) is 60.9 Å². The summed E-state index contributed by atoms with van der Waals surface area (Å²) in [6.07, 6.45) is 1.91. The molecule has 0 unspecified atom stereocenters. The summed E-state index contributed by atoms with van der Waals surface area (Å²) in [4.78, 5) is 0. The Hall–Kier alpha value is -2.62. The molecule has 2 aromatic rings. The minimum atomic E-state index is 0.679. The Morgan fingerprint density at radius 1 is 0.889 bits per heavy atom. The molecule has 0 aliphatic rings. The monoisotopic (exact) mass is 236 g/mol. The second kappa shape index (κ2) is 6.20. The van der Waals surface area contributed by atoms with Gasteiger partial charge in [0.25, 0.3) is 0 Å². The minimum absolute atomic E-state index is 0.679. The normalized spacial score (nSPS) is 11.7. The van der Waals surface area contributed by atoms with Gasteiger partial charge in [-0.3, -0.25) is 0 Å². The Kier molecular flexibility index (Phi) is 4.08. The molecule has 0 amide bonds. The van der Waals surface area contributed by atoms with Gasteiger partial charge in [-0.05, 0) is 22.1 Å². The third kappa shape index (κ3) is 3.18. The molecule has 4 nitrogen and oxygen atoms in total. The van der Waals surface area contributed by atoms with Gasteiger partial charge in [0, 0.05) is 5.56 Å². The molecule has 0 bridgehead atoms. The van der Waals surface area contributed by atoms with Gasteiger partial charge in [0.05, 0.1) is 5.70 Å². The van der Waals surface area contributed by atoms with Crippen molar-refractivity contribution >= 4 is 11.8 Å². The van der Waals surface area contributed by atoms with Crippen molar-refractivity contribution in [1.29, 1.82) is 5.53 Å². The van der Waals surface area contributed by atoms with E-state index in [1.54, 1.807) is 0 Å². The summed E-state index contributed by atoms with van der Waals surface area (Å²) in [6.45, 7) is 0. The predicted molar refractivity (Wildman–Crippen MR) is 70.8 cm³/mol. The summed E-state index contributed by atoms with van der Waals surface area (Å²) in [5, 5.41) is 10.2. The lowest BCUT2D eigenvalue weighted by molar-refractivity contribution is 0.912. The van der Waals surface area contributed by atoms with Crippen LogP contribution in [0.25, 0.3) is 11.8 Å². The number of hydrogen-bond donors (Lipinski definition) is 1. The molecule has 0 atom stereocenters. The third-order valence-corrected chi connectivity index (χ3v) is 2.37. The van der Waals surface area contributed by atoms with Gasteiger partial charge in [-0.15, -0.1) is 5.11 Å². The fraction of sp³-hybridized carbons (Fsp3) is 0. The van der Waals surface area contributed by atoms with Crippen molar-refractivity contribution < 1.29 is 0 Å². The van der Waals surface area contributed by atoms with Crippen LogP contribution in [0, 0.1) is 5.53 Å². The lowest BCUT2D eigenvalue weighted by Crippen LogP contribution is -1.80. The summed E-state index contributed by atoms with van der Waals surface area (Å²) >= 11 is 0. The summed E-state index contributed by atoms with van der Waals surface area (Å²) in [6, 6.07) is 19.5. The van der Waals surface area contributed by atoms with Crippen molar-refractivity contribution in [3.63, 3.8) is 0 Å². The van der Waals surface area contributed by atoms with Crippen LogP contribution in [0.1, 0.15) is 11.1 Å². The van der Waals surface area contributed by atoms with Gasteiger partial charge in [-0.2, -0.15) is 5.53 Å². The molecule has 1 N–H and O–H groups in total. The van der Waals surface area contributed by atoms with Crippen LogP contribution >= 0.6 is 0 Å². The lowest BCUT2D eigenvalue weighted by Gasteiger charge is -2.00. The average Bonchev–Trinajstić information content (AvgIpc) is 2.45. The highest BCUT2D eigenvalue weighted by atomic mass is 15.4. The van der Waals surface area contributed by atoms with Crippen LogP contribution in [-0.2, 0) is 0 Å². The van der Waals surface area contributed by atoms with Gasteiger partial charge >= 0.3 is 0 Å². The quantitative estimate of drug-likeness (QED) is 0.458. The van der Waals surface area contributed by atoms with Gasteiger partial charge in [-0.25, -0.2) is 0 Å². The van der Waals surface area contributed by atoms with Gasteiger partial charge in [0.2, 0.25) is 0 Å². The van der Waals surface area contributed by atoms with Crippen LogP contribution in [-0.4, -0.2) is 0 Å². The molecule has 0 aliphatic heterocycles. The van der Waals surface area contributed by atoms with Crippen molar-refractivity contribution in [2.45, 2.75) is 0 Å². The largest absolute Gasteiger partial charge is 0.183 e. The second-order valence-electron chi connectivity index (χ2n) is 3.60. The molecule has 0 aromatic heterocycles. The zero-order valence-electron chi connectivity index (χ0n) is 9.69. The zero-order chi connectivity index (χ0) is 12.6. The number of nitrogens with zero attached hydrogens (tertiary/aromatic N) is 3. The van der Waals surface area contributed by atoms with Crippen molar-refractivity contribution in [2.24, 2.45) is 15.6 Å². The van der Waals surface area contributed by atoms with Crippen LogP contribution in [0.15, 0.2) is 76.2 Å². The third-order valence-electron chi connectivity index (χ3n) is 2.37. The van der Waals surface area contributed by atoms with Crippen molar-refractivity contribution in [3.05, 3.63) is 71.8 Å². The highest BCUT2D eigenvalue weighted by Crippen LogP contribution is 2.19. The molecule has 2 rings (SSSR count). The Balaban J connectivity index is 2.40. The molecule has 88 valence electrons. The van der Waals surface area contributed by atoms with E-state index in [-0.39, 0.29) is 0 Å². The van der Waals surface area contributed by atoms with Crippen molar-refractivity contribution in [3.8, 4) is 0 Å². The maximum atomic E-state index is 6.68. The van der Waals surface area contributed by atoms with Crippen LogP contribution in [0.4, 0.5) is 0 Å². The summed E-state index contributed by atoms with van der Waals surface area (Å²) < 4.78 is 0. The van der Waals surface area contributed by atoms with E-state index < -0.39 is 0 Å². The molecule has 18 heavy (non-hydrogen) atoms. The van der Waals surface area contributed by atoms with Crippen LogP contribution < -0.4 is 0 Å². The number of rotatable bonds is 4. The standard InChI is InChI=1S/C14H12N4/c15-17-18-16-14(13-9-5-2-6-10-13)11-12-7-3-1-4-8-12/h1-11,15H. The molecule has 0 heterocycles. The van der Waals surface area contributed by atoms with E-state index in [4.69, 9.17) is 5.53 Å². The van der Waals surface area contributed by atoms with E-state index in [9.17, 15) is 0 Å². The predicted octanol–water partition coefficient (Wildman–Crippen LogP) is 4.58. The Morgan fingerprint density at radius 2 is 1.50 bits per heavy atom. The summed E-state index contributed by atoms with van der Waals surface area (Å²) in [5.41, 5.74) is 9.32. The molecular weight excluding hydrogens is 224 g/mol. The first-order chi connectivity index (χ1) is 8.90. The van der Waals surface area contributed by atoms with Gasteiger partial charge in [0.1, 0.15) is 0 Å². The maximum absolute atomic E-state index is 6.68. The minimum Gasteiger partial charge on any atom is -0.183 e. The first-order valence-electron chi connectivity index (χ1n) is 5.50. The highest BCUT2D eigenvalue weighted by Gasteiger charge is 1.99. The zero-order valence-corrected chi connectivity index (χ0v) is 9.69. The molecule has 0 spiro atoms. The van der Waals surface area contributed by atoms with E-state index in [0.717, 1.165) is 11.1 Å². The fourth-order valence-corrected chi connectivity index (χ4v) is 1.56. The van der Waals surface area contributed by atoms with Crippen molar-refractivity contribution in [1.82, 2.24) is 0 Å². The Labute approximate surface area is 105 Å². The molecular formula is C14H12N4. The molecule has 0 saturated carbocycles. The number of hydrogen-bond acceptors (Lipinski definition) is 2. The first-order valence-corrected chi connectivity index (χ1v) is 5.50. The molecule has 4 heteroatoms. The summed E-state index contributed by atoms with van der Waals surface area (Å²) in [7, 11) is 0. The molecule has 0 aliphatic carbocycles. The SMILES string of the molecule is N=NN=NC(=Cc1ccccc1)c1ccccc1. The summed E-state index contributed by atoms with van der Waals surface area (Å²) in [5.74, 6) is 0. The van der Waals surface area contributed by atoms with Gasteiger partial charge in [0.15, 0.2) is 0 Å². The second-order valence-corrected chi connectivity index (χ2v) is 3.60. The van der Waals surface area contributed by atoms with E-state index >= 15 is 0 Å². The van der Waals surface area contributed by atoms with Crippen molar-refractivity contribution in [2.75, 3.05) is 0 Å². The highest BCUT2D eigenvalue weighted by molar-refractivity contribution is 5.80. The van der Waals surface area contributed by atoms with E-state index in [1.807, 2.05) is 66.7 Å². The van der Waals surface area contributed by atoms with Crippen LogP contribution in [0.5, 0.6) is 0 Å². The van der Waals surface area contributed by atoms with E-state index in [2.05, 4.69) is 15.6 Å². The lowest BCUT2D eigenvalue weighted by atomic mass is 10.1. The molecule has 0 saturated heterocycles. The Bertz CT molecular complexity index is 559. The smallest absolute Gasteiger partial charge is 0.0953 e. The molecule has 2 aromatic carbocycles. The molecule has 0 fully saturated rings.